The summed E-state index contributed by atoms with van der Waals surface area (Å²) in [6.45, 7) is 0. The first-order valence-electron chi connectivity index (χ1n) is 8.31. The molecule has 134 valence electrons. The molecule has 2 aromatic heterocycles. The molecule has 4 rings (SSSR count). The molecule has 0 bridgehead atoms. The van der Waals surface area contributed by atoms with E-state index < -0.39 is 0 Å². The highest BCUT2D eigenvalue weighted by Crippen LogP contribution is 2.36. The van der Waals surface area contributed by atoms with E-state index in [9.17, 15) is 4.39 Å². The molecule has 0 fully saturated rings. The lowest BCUT2D eigenvalue weighted by atomic mass is 10.0. The maximum atomic E-state index is 14.3. The van der Waals surface area contributed by atoms with Gasteiger partial charge in [-0.15, -0.1) is 0 Å². The molecule has 0 aliphatic heterocycles. The largest absolute Gasteiger partial charge is 0.494 e. The highest BCUT2D eigenvalue weighted by molar-refractivity contribution is 5.97. The summed E-state index contributed by atoms with van der Waals surface area (Å²) in [6.07, 6.45) is 3.26. The van der Waals surface area contributed by atoms with Crippen molar-refractivity contribution in [2.75, 3.05) is 19.5 Å². The van der Waals surface area contributed by atoms with Crippen molar-refractivity contribution < 1.29 is 9.13 Å². The second-order valence-corrected chi connectivity index (χ2v) is 5.77. The van der Waals surface area contributed by atoms with Gasteiger partial charge in [-0.3, -0.25) is 0 Å². The molecule has 2 aromatic carbocycles. The quantitative estimate of drug-likeness (QED) is 0.593. The van der Waals surface area contributed by atoms with Crippen molar-refractivity contribution in [2.45, 2.75) is 0 Å². The molecule has 0 aliphatic carbocycles. The van der Waals surface area contributed by atoms with Gasteiger partial charge in [0, 0.05) is 30.4 Å². The van der Waals surface area contributed by atoms with E-state index in [4.69, 9.17) is 4.74 Å². The van der Waals surface area contributed by atoms with Crippen LogP contribution < -0.4 is 10.1 Å². The van der Waals surface area contributed by atoms with Crippen LogP contribution in [0.3, 0.4) is 0 Å². The van der Waals surface area contributed by atoms with Crippen LogP contribution in [0, 0.1) is 5.82 Å². The van der Waals surface area contributed by atoms with Crippen molar-refractivity contribution in [1.82, 2.24) is 19.9 Å². The van der Waals surface area contributed by atoms with E-state index in [0.29, 0.717) is 39.9 Å². The van der Waals surface area contributed by atoms with Crippen LogP contribution in [-0.4, -0.2) is 34.1 Å². The second-order valence-electron chi connectivity index (χ2n) is 5.77. The number of hydrogen-bond acceptors (Lipinski definition) is 6. The number of rotatable bonds is 4. The number of fused-ring (bicyclic) bond motifs is 1. The van der Waals surface area contributed by atoms with Crippen molar-refractivity contribution >= 4 is 16.7 Å². The Morgan fingerprint density at radius 2 is 1.74 bits per heavy atom. The smallest absolute Gasteiger partial charge is 0.200 e. The van der Waals surface area contributed by atoms with Gasteiger partial charge in [0.15, 0.2) is 11.6 Å². The predicted octanol–water partition coefficient (Wildman–Crippen LogP) is 3.94. The highest BCUT2D eigenvalue weighted by atomic mass is 19.1. The number of nitrogens with zero attached hydrogens (tertiary/aromatic N) is 4. The summed E-state index contributed by atoms with van der Waals surface area (Å²) in [6, 6.07) is 11.9. The molecule has 0 saturated carbocycles. The van der Waals surface area contributed by atoms with E-state index in [0.717, 1.165) is 5.39 Å². The van der Waals surface area contributed by atoms with Crippen LogP contribution in [-0.2, 0) is 0 Å². The monoisotopic (exact) mass is 361 g/mol. The van der Waals surface area contributed by atoms with Crippen LogP contribution >= 0.6 is 0 Å². The summed E-state index contributed by atoms with van der Waals surface area (Å²) >= 11 is 0. The predicted molar refractivity (Wildman–Crippen MR) is 102 cm³/mol. The van der Waals surface area contributed by atoms with Gasteiger partial charge < -0.3 is 10.1 Å². The number of aromatic nitrogens is 4. The van der Waals surface area contributed by atoms with E-state index >= 15 is 0 Å². The summed E-state index contributed by atoms with van der Waals surface area (Å²) in [5, 5.41) is 3.79. The van der Waals surface area contributed by atoms with Gasteiger partial charge in [-0.1, -0.05) is 18.2 Å². The molecule has 1 N–H and O–H groups in total. The minimum Gasteiger partial charge on any atom is -0.494 e. The average Bonchev–Trinajstić information content (AvgIpc) is 2.73. The maximum absolute atomic E-state index is 14.3. The molecule has 27 heavy (non-hydrogen) atoms. The van der Waals surface area contributed by atoms with E-state index in [1.807, 2.05) is 6.07 Å². The van der Waals surface area contributed by atoms with Crippen LogP contribution in [0.1, 0.15) is 0 Å². The number of benzene rings is 2. The van der Waals surface area contributed by atoms with Crippen LogP contribution in [0.5, 0.6) is 5.75 Å². The SMILES string of the molecule is CNc1nc(-c2ncccn2)nc2c(OC)cc(-c3ccccc3F)cc12. The highest BCUT2D eigenvalue weighted by Gasteiger charge is 2.16. The average molecular weight is 361 g/mol. The van der Waals surface area contributed by atoms with E-state index in [1.54, 1.807) is 56.9 Å². The van der Waals surface area contributed by atoms with Gasteiger partial charge in [0.2, 0.25) is 0 Å². The van der Waals surface area contributed by atoms with Gasteiger partial charge in [0.25, 0.3) is 0 Å². The Balaban J connectivity index is 1.99. The van der Waals surface area contributed by atoms with Crippen LogP contribution in [0.4, 0.5) is 10.2 Å². The summed E-state index contributed by atoms with van der Waals surface area (Å²) in [4.78, 5) is 17.5. The standard InChI is InChI=1S/C20H16FN5O/c1-22-18-14-10-12(13-6-3-4-7-15(13)21)11-16(27-2)17(14)25-20(26-18)19-23-8-5-9-24-19/h3-11H,1-2H3,(H,22,25,26). The third-order valence-electron chi connectivity index (χ3n) is 4.17. The Hall–Kier alpha value is -3.61. The Morgan fingerprint density at radius 3 is 2.44 bits per heavy atom. The van der Waals surface area contributed by atoms with Crippen LogP contribution in [0.25, 0.3) is 33.7 Å². The zero-order valence-corrected chi connectivity index (χ0v) is 14.8. The molecule has 4 aromatic rings. The molecule has 0 spiro atoms. The fourth-order valence-electron chi connectivity index (χ4n) is 2.91. The van der Waals surface area contributed by atoms with Gasteiger partial charge in [0.1, 0.15) is 22.9 Å². The summed E-state index contributed by atoms with van der Waals surface area (Å²) in [7, 11) is 3.32. The Kier molecular flexibility index (Phi) is 4.33. The fraction of sp³-hybridized carbons (Fsp3) is 0.100. The second kappa shape index (κ2) is 6.95. The van der Waals surface area contributed by atoms with Crippen LogP contribution in [0.2, 0.25) is 0 Å². The Bertz CT molecular complexity index is 1120. The van der Waals surface area contributed by atoms with Crippen molar-refractivity contribution in [3.63, 3.8) is 0 Å². The van der Waals surface area contributed by atoms with Gasteiger partial charge in [-0.2, -0.15) is 0 Å². The third kappa shape index (κ3) is 3.03. The molecule has 0 saturated heterocycles. The lowest BCUT2D eigenvalue weighted by molar-refractivity contribution is 0.419. The van der Waals surface area contributed by atoms with E-state index in [2.05, 4.69) is 25.3 Å². The molecule has 0 radical (unpaired) electrons. The Morgan fingerprint density at radius 1 is 0.963 bits per heavy atom. The van der Waals surface area contributed by atoms with Gasteiger partial charge in [-0.05, 0) is 29.8 Å². The fourth-order valence-corrected chi connectivity index (χ4v) is 2.91. The number of nitrogens with one attached hydrogen (secondary N) is 1. The molecular weight excluding hydrogens is 345 g/mol. The van der Waals surface area contributed by atoms with Crippen molar-refractivity contribution in [3.8, 4) is 28.5 Å². The molecule has 0 unspecified atom stereocenters. The van der Waals surface area contributed by atoms with Gasteiger partial charge in [0.05, 0.1) is 7.11 Å². The van der Waals surface area contributed by atoms with Crippen molar-refractivity contribution in [1.29, 1.82) is 0 Å². The number of methoxy groups -OCH3 is 1. The molecule has 0 aliphatic rings. The van der Waals surface area contributed by atoms with E-state index in [-0.39, 0.29) is 5.82 Å². The first kappa shape index (κ1) is 16.8. The topological polar surface area (TPSA) is 72.8 Å². The number of halogens is 1. The summed E-state index contributed by atoms with van der Waals surface area (Å²) < 4.78 is 19.8. The molecule has 0 atom stereocenters. The normalized spacial score (nSPS) is 10.8. The molecule has 7 heteroatoms. The van der Waals surface area contributed by atoms with Crippen molar-refractivity contribution in [3.05, 3.63) is 60.7 Å². The van der Waals surface area contributed by atoms with Gasteiger partial charge >= 0.3 is 0 Å². The number of hydrogen-bond donors (Lipinski definition) is 1. The minimum atomic E-state index is -0.305. The Labute approximate surface area is 155 Å². The first-order chi connectivity index (χ1) is 13.2. The third-order valence-corrected chi connectivity index (χ3v) is 4.17. The lowest BCUT2D eigenvalue weighted by Crippen LogP contribution is -2.02. The molecular formula is C20H16FN5O. The lowest BCUT2D eigenvalue weighted by Gasteiger charge is -2.13. The zero-order chi connectivity index (χ0) is 18.8. The summed E-state index contributed by atoms with van der Waals surface area (Å²) in [5.41, 5.74) is 1.76. The first-order valence-corrected chi connectivity index (χ1v) is 8.31. The minimum absolute atomic E-state index is 0.305. The molecule has 0 amide bonds. The maximum Gasteiger partial charge on any atom is 0.200 e. The van der Waals surface area contributed by atoms with Crippen molar-refractivity contribution in [2.24, 2.45) is 0 Å². The molecule has 2 heterocycles. The van der Waals surface area contributed by atoms with E-state index in [1.165, 1.54) is 6.07 Å². The van der Waals surface area contributed by atoms with Crippen LogP contribution in [0.15, 0.2) is 54.9 Å². The summed E-state index contributed by atoms with van der Waals surface area (Å²) in [5.74, 6) is 1.58. The number of anilines is 1. The number of ether oxygens (including phenoxy) is 1. The zero-order valence-electron chi connectivity index (χ0n) is 14.8. The molecule has 6 nitrogen and oxygen atoms in total. The van der Waals surface area contributed by atoms with Gasteiger partial charge in [-0.25, -0.2) is 24.3 Å².